The highest BCUT2D eigenvalue weighted by atomic mass is 79.9. The van der Waals surface area contributed by atoms with Crippen molar-refractivity contribution in [3.05, 3.63) is 58.6 Å². The second-order valence-electron chi connectivity index (χ2n) is 5.39. The summed E-state index contributed by atoms with van der Waals surface area (Å²) in [5.41, 5.74) is -1.27. The Morgan fingerprint density at radius 1 is 1.25 bits per heavy atom. The summed E-state index contributed by atoms with van der Waals surface area (Å²) >= 11 is 4.13. The Kier molecular flexibility index (Phi) is 5.94. The third-order valence-electron chi connectivity index (χ3n) is 3.55. The van der Waals surface area contributed by atoms with Crippen molar-refractivity contribution in [1.29, 1.82) is 0 Å². The van der Waals surface area contributed by atoms with Crippen LogP contribution in [0.15, 0.2) is 41.1 Å². The molecule has 0 bridgehead atoms. The van der Waals surface area contributed by atoms with E-state index in [2.05, 4.69) is 26.0 Å². The van der Waals surface area contributed by atoms with Crippen molar-refractivity contribution in [3.8, 4) is 22.8 Å². The molecule has 0 fully saturated rings. The molecule has 0 spiro atoms. The minimum atomic E-state index is -1.30. The quantitative estimate of drug-likeness (QED) is 0.538. The van der Waals surface area contributed by atoms with Gasteiger partial charge in [0.15, 0.2) is 0 Å². The number of thioether (sulfide) groups is 1. The van der Waals surface area contributed by atoms with E-state index >= 15 is 0 Å². The van der Waals surface area contributed by atoms with Gasteiger partial charge in [0.05, 0.1) is 11.9 Å². The Bertz CT molecular complexity index is 1050. The molecule has 6 nitrogen and oxygen atoms in total. The van der Waals surface area contributed by atoms with Gasteiger partial charge >= 0.3 is 5.97 Å². The van der Waals surface area contributed by atoms with Crippen LogP contribution in [0.25, 0.3) is 16.9 Å². The monoisotopic (exact) mass is 473 g/mol. The van der Waals surface area contributed by atoms with Gasteiger partial charge in [-0.3, -0.25) is 4.98 Å². The van der Waals surface area contributed by atoms with Gasteiger partial charge in [-0.05, 0) is 40.4 Å². The SMILES string of the molecule is CSC(Oc1nn(-c2cc(F)ccc2F)c(-c2cncc(F)c2)c1Br)C(=O)O. The molecule has 0 aliphatic heterocycles. The lowest BCUT2D eigenvalue weighted by molar-refractivity contribution is -0.141. The number of halogens is 4. The fraction of sp³-hybridized carbons (Fsp3) is 0.118. The average Bonchev–Trinajstić information content (AvgIpc) is 2.97. The second-order valence-corrected chi connectivity index (χ2v) is 7.08. The molecule has 0 aliphatic rings. The lowest BCUT2D eigenvalue weighted by atomic mass is 10.2. The van der Waals surface area contributed by atoms with Crippen molar-refractivity contribution < 1.29 is 27.8 Å². The minimum Gasteiger partial charge on any atom is -0.478 e. The smallest absolute Gasteiger partial charge is 0.355 e. The molecule has 0 radical (unpaired) electrons. The lowest BCUT2D eigenvalue weighted by Gasteiger charge is -2.10. The van der Waals surface area contributed by atoms with Gasteiger partial charge in [0.25, 0.3) is 0 Å². The molecule has 0 saturated heterocycles. The highest BCUT2D eigenvalue weighted by Crippen LogP contribution is 2.38. The van der Waals surface area contributed by atoms with Crippen molar-refractivity contribution in [3.63, 3.8) is 0 Å². The molecule has 1 atom stereocenters. The Morgan fingerprint density at radius 3 is 2.64 bits per heavy atom. The predicted molar refractivity (Wildman–Crippen MR) is 99.9 cm³/mol. The molecule has 0 amide bonds. The molecule has 1 N–H and O–H groups in total. The molecule has 28 heavy (non-hydrogen) atoms. The highest BCUT2D eigenvalue weighted by Gasteiger charge is 2.26. The zero-order valence-electron chi connectivity index (χ0n) is 14.1. The second kappa shape index (κ2) is 8.23. The van der Waals surface area contributed by atoms with E-state index in [0.717, 1.165) is 46.9 Å². The molecular formula is C17H11BrF3N3O3S. The van der Waals surface area contributed by atoms with Gasteiger partial charge in [0, 0.05) is 17.8 Å². The van der Waals surface area contributed by atoms with E-state index in [1.54, 1.807) is 0 Å². The number of rotatable bonds is 6. The highest BCUT2D eigenvalue weighted by molar-refractivity contribution is 9.10. The zero-order chi connectivity index (χ0) is 20.4. The van der Waals surface area contributed by atoms with E-state index in [0.29, 0.717) is 0 Å². The summed E-state index contributed by atoms with van der Waals surface area (Å²) in [5, 5.41) is 13.3. The molecule has 3 aromatic rings. The van der Waals surface area contributed by atoms with Gasteiger partial charge in [-0.1, -0.05) is 0 Å². The van der Waals surface area contributed by atoms with Gasteiger partial charge in [0.2, 0.25) is 11.3 Å². The van der Waals surface area contributed by atoms with E-state index < -0.39 is 28.9 Å². The van der Waals surface area contributed by atoms with E-state index in [1.165, 1.54) is 12.5 Å². The molecule has 11 heteroatoms. The number of carboxylic acid groups (broad SMARTS) is 1. The number of pyridine rings is 1. The zero-order valence-corrected chi connectivity index (χ0v) is 16.5. The molecule has 146 valence electrons. The number of ether oxygens (including phenoxy) is 1. The predicted octanol–water partition coefficient (Wildman–Crippen LogP) is 4.27. The first-order chi connectivity index (χ1) is 13.3. The van der Waals surface area contributed by atoms with Crippen molar-refractivity contribution in [1.82, 2.24) is 14.8 Å². The van der Waals surface area contributed by atoms with E-state index in [9.17, 15) is 23.1 Å². The summed E-state index contributed by atoms with van der Waals surface area (Å²) in [7, 11) is 0. The molecular weight excluding hydrogens is 463 g/mol. The first-order valence-electron chi connectivity index (χ1n) is 7.59. The molecule has 2 heterocycles. The number of benzene rings is 1. The van der Waals surface area contributed by atoms with Crippen molar-refractivity contribution in [2.75, 3.05) is 6.26 Å². The maximum atomic E-state index is 14.4. The number of hydrogen-bond acceptors (Lipinski definition) is 5. The summed E-state index contributed by atoms with van der Waals surface area (Å²) in [6, 6.07) is 3.87. The molecule has 1 unspecified atom stereocenters. The fourth-order valence-corrected chi connectivity index (χ4v) is 3.33. The summed E-state index contributed by atoms with van der Waals surface area (Å²) in [4.78, 5) is 15.0. The summed E-state index contributed by atoms with van der Waals surface area (Å²) < 4.78 is 48.2. The van der Waals surface area contributed by atoms with Gasteiger partial charge in [-0.25, -0.2) is 22.6 Å². The van der Waals surface area contributed by atoms with Crippen molar-refractivity contribution in [2.24, 2.45) is 0 Å². The first kappa shape index (κ1) is 20.2. The average molecular weight is 474 g/mol. The van der Waals surface area contributed by atoms with Gasteiger partial charge in [0.1, 0.15) is 27.6 Å². The first-order valence-corrected chi connectivity index (χ1v) is 9.67. The van der Waals surface area contributed by atoms with Crippen LogP contribution in [0.3, 0.4) is 0 Å². The van der Waals surface area contributed by atoms with Crippen LogP contribution in [0, 0.1) is 17.5 Å². The fourth-order valence-electron chi connectivity index (χ4n) is 2.37. The Labute approximate surface area is 169 Å². The van der Waals surface area contributed by atoms with Gasteiger partial charge < -0.3 is 9.84 Å². The topological polar surface area (TPSA) is 77.2 Å². The maximum Gasteiger partial charge on any atom is 0.355 e. The standard InChI is InChI=1S/C17H11BrF3N3O3S/c1-28-17(16(25)26)27-15-13(18)14(8-4-10(20)7-22-6-8)24(23-15)12-5-9(19)2-3-11(12)21/h2-7,17H,1H3,(H,25,26). The normalized spacial score (nSPS) is 12.0. The van der Waals surface area contributed by atoms with E-state index in [-0.39, 0.29) is 27.3 Å². The van der Waals surface area contributed by atoms with Crippen LogP contribution < -0.4 is 4.74 Å². The largest absolute Gasteiger partial charge is 0.478 e. The minimum absolute atomic E-state index is 0.108. The molecule has 2 aromatic heterocycles. The third-order valence-corrected chi connectivity index (χ3v) is 4.99. The van der Waals surface area contributed by atoms with Crippen LogP contribution >= 0.6 is 27.7 Å². The third kappa shape index (κ3) is 3.99. The Balaban J connectivity index is 2.23. The van der Waals surface area contributed by atoms with Crippen LogP contribution in [-0.2, 0) is 4.79 Å². The van der Waals surface area contributed by atoms with Crippen molar-refractivity contribution >= 4 is 33.7 Å². The van der Waals surface area contributed by atoms with Crippen LogP contribution in [0.1, 0.15) is 0 Å². The van der Waals surface area contributed by atoms with Crippen LogP contribution in [0.4, 0.5) is 13.2 Å². The Hall–Kier alpha value is -2.53. The van der Waals surface area contributed by atoms with E-state index in [4.69, 9.17) is 4.74 Å². The maximum absolute atomic E-state index is 14.4. The molecule has 3 rings (SSSR count). The van der Waals surface area contributed by atoms with Crippen LogP contribution in [0.2, 0.25) is 0 Å². The van der Waals surface area contributed by atoms with Gasteiger partial charge in [-0.15, -0.1) is 16.9 Å². The number of carboxylic acids is 1. The number of aliphatic carboxylic acids is 1. The van der Waals surface area contributed by atoms with Crippen molar-refractivity contribution in [2.45, 2.75) is 5.44 Å². The molecule has 1 aromatic carbocycles. The summed E-state index contributed by atoms with van der Waals surface area (Å²) in [6.07, 6.45) is 3.80. The van der Waals surface area contributed by atoms with E-state index in [1.807, 2.05) is 0 Å². The van der Waals surface area contributed by atoms with Gasteiger partial charge in [-0.2, -0.15) is 0 Å². The van der Waals surface area contributed by atoms with Crippen LogP contribution in [0.5, 0.6) is 5.88 Å². The lowest BCUT2D eigenvalue weighted by Crippen LogP contribution is -2.23. The number of hydrogen-bond donors (Lipinski definition) is 1. The number of aromatic nitrogens is 3. The summed E-state index contributed by atoms with van der Waals surface area (Å²) in [6.45, 7) is 0. The van der Waals surface area contributed by atoms with Crippen LogP contribution in [-0.4, -0.2) is 37.5 Å². The molecule has 0 aliphatic carbocycles. The number of carbonyl (C=O) groups is 1. The molecule has 0 saturated carbocycles. The summed E-state index contributed by atoms with van der Waals surface area (Å²) in [5.74, 6) is -3.62. The number of nitrogens with zero attached hydrogens (tertiary/aromatic N) is 3. The Morgan fingerprint density at radius 2 is 2.00 bits per heavy atom.